The summed E-state index contributed by atoms with van der Waals surface area (Å²) in [4.78, 5) is 0. The molecule has 2 N–H and O–H groups in total. The van der Waals surface area contributed by atoms with E-state index < -0.39 is 0 Å². The molecular weight excluding hydrogens is 274 g/mol. The van der Waals surface area contributed by atoms with E-state index in [4.69, 9.17) is 5.73 Å². The zero-order valence-electron chi connectivity index (χ0n) is 12.4. The Morgan fingerprint density at radius 1 is 0.824 bits per heavy atom. The van der Waals surface area contributed by atoms with Crippen molar-refractivity contribution in [2.45, 2.75) is 91.0 Å². The van der Waals surface area contributed by atoms with E-state index in [0.717, 1.165) is 5.92 Å². The molecule has 0 heterocycles. The Hall–Kier alpha value is 0.440. The summed E-state index contributed by atoms with van der Waals surface area (Å²) in [5.74, 6) is 0.748. The van der Waals surface area contributed by atoms with Gasteiger partial charge in [-0.25, -0.2) is 0 Å². The van der Waals surface area contributed by atoms with Crippen molar-refractivity contribution in [3.8, 4) is 0 Å². The van der Waals surface area contributed by atoms with E-state index in [1.54, 1.807) is 0 Å². The van der Waals surface area contributed by atoms with Crippen LogP contribution in [-0.2, 0) is 0 Å². The van der Waals surface area contributed by atoms with Gasteiger partial charge in [-0.2, -0.15) is 0 Å². The monoisotopic (exact) mass is 307 g/mol. The fraction of sp³-hybridized carbons (Fsp3) is 1.00. The van der Waals surface area contributed by atoms with Crippen molar-refractivity contribution in [1.82, 2.24) is 0 Å². The summed E-state index contributed by atoms with van der Waals surface area (Å²) in [6.07, 6.45) is 11.4. The van der Waals surface area contributed by atoms with Crippen LogP contribution < -0.4 is 5.73 Å². The van der Waals surface area contributed by atoms with E-state index in [1.165, 1.54) is 57.8 Å². The van der Waals surface area contributed by atoms with E-state index >= 15 is 0 Å². The summed E-state index contributed by atoms with van der Waals surface area (Å²) in [6, 6.07) is 0. The fourth-order valence-electron chi connectivity index (χ4n) is 2.98. The topological polar surface area (TPSA) is 26.0 Å². The van der Waals surface area contributed by atoms with Gasteiger partial charge in [-0.3, -0.25) is 0 Å². The van der Waals surface area contributed by atoms with Crippen LogP contribution in [0.4, 0.5) is 0 Å². The lowest BCUT2D eigenvalue weighted by Gasteiger charge is -2.38. The quantitative estimate of drug-likeness (QED) is 0.569. The maximum absolute atomic E-state index is 6.69. The lowest BCUT2D eigenvalue weighted by Crippen LogP contribution is -2.47. The van der Waals surface area contributed by atoms with Crippen molar-refractivity contribution in [2.75, 3.05) is 0 Å². The van der Waals surface area contributed by atoms with Gasteiger partial charge in [0.25, 0.3) is 0 Å². The summed E-state index contributed by atoms with van der Waals surface area (Å²) in [5.41, 5.74) is 6.81. The molecule has 0 spiro atoms. The molecule has 0 radical (unpaired) electrons. The van der Waals surface area contributed by atoms with Crippen molar-refractivity contribution in [3.05, 3.63) is 0 Å². The summed E-state index contributed by atoms with van der Waals surface area (Å²) < 4.78 is 0. The van der Waals surface area contributed by atoms with Crippen LogP contribution in [0.5, 0.6) is 0 Å². The van der Waals surface area contributed by atoms with Gasteiger partial charge in [-0.1, -0.05) is 59.8 Å². The molecule has 1 atom stereocenters. The molecule has 0 bridgehead atoms. The molecule has 1 unspecified atom stereocenters. The molecular formula is C15H34BrN. The highest BCUT2D eigenvalue weighted by molar-refractivity contribution is 8.93. The van der Waals surface area contributed by atoms with Gasteiger partial charge in [0, 0.05) is 5.54 Å². The first-order valence-electron chi connectivity index (χ1n) is 7.43. The van der Waals surface area contributed by atoms with Gasteiger partial charge in [-0.15, -0.1) is 17.0 Å². The molecule has 0 aromatic rings. The van der Waals surface area contributed by atoms with Crippen LogP contribution in [-0.4, -0.2) is 5.54 Å². The zero-order valence-corrected chi connectivity index (χ0v) is 14.1. The first-order chi connectivity index (χ1) is 7.64. The minimum Gasteiger partial charge on any atom is -0.325 e. The second-order valence-corrected chi connectivity index (χ2v) is 5.36. The van der Waals surface area contributed by atoms with Gasteiger partial charge in [0.2, 0.25) is 0 Å². The molecule has 106 valence electrons. The SMILES string of the molecule is Br.CCCCC(CCC)C(N)(CCC)CCC. The molecule has 0 aliphatic carbocycles. The molecule has 0 amide bonds. The van der Waals surface area contributed by atoms with Gasteiger partial charge in [-0.05, 0) is 31.6 Å². The van der Waals surface area contributed by atoms with Crippen LogP contribution in [0.3, 0.4) is 0 Å². The van der Waals surface area contributed by atoms with E-state index in [-0.39, 0.29) is 22.5 Å². The summed E-state index contributed by atoms with van der Waals surface area (Å²) in [6.45, 7) is 9.10. The van der Waals surface area contributed by atoms with Crippen LogP contribution in [0, 0.1) is 5.92 Å². The van der Waals surface area contributed by atoms with Crippen LogP contribution in [0.1, 0.15) is 85.5 Å². The zero-order chi connectivity index (χ0) is 12.4. The second kappa shape index (κ2) is 11.5. The summed E-state index contributed by atoms with van der Waals surface area (Å²) >= 11 is 0. The van der Waals surface area contributed by atoms with E-state index in [0.29, 0.717) is 0 Å². The molecule has 0 aromatic heterocycles. The first-order valence-corrected chi connectivity index (χ1v) is 7.43. The molecule has 17 heavy (non-hydrogen) atoms. The maximum atomic E-state index is 6.69. The number of unbranched alkanes of at least 4 members (excludes halogenated alkanes) is 1. The van der Waals surface area contributed by atoms with Crippen LogP contribution >= 0.6 is 17.0 Å². The molecule has 2 heteroatoms. The fourth-order valence-corrected chi connectivity index (χ4v) is 2.98. The van der Waals surface area contributed by atoms with Crippen LogP contribution in [0.25, 0.3) is 0 Å². The van der Waals surface area contributed by atoms with Gasteiger partial charge in [0.15, 0.2) is 0 Å². The molecule has 0 fully saturated rings. The molecule has 1 nitrogen and oxygen atoms in total. The summed E-state index contributed by atoms with van der Waals surface area (Å²) in [5, 5.41) is 0. The maximum Gasteiger partial charge on any atom is 0.0182 e. The first kappa shape index (κ1) is 19.8. The van der Waals surface area contributed by atoms with Crippen molar-refractivity contribution in [2.24, 2.45) is 11.7 Å². The van der Waals surface area contributed by atoms with Crippen molar-refractivity contribution < 1.29 is 0 Å². The number of hydrogen-bond acceptors (Lipinski definition) is 1. The molecule has 0 saturated heterocycles. The van der Waals surface area contributed by atoms with Gasteiger partial charge in [0.05, 0.1) is 0 Å². The Kier molecular flexibility index (Phi) is 13.4. The highest BCUT2D eigenvalue weighted by atomic mass is 79.9. The second-order valence-electron chi connectivity index (χ2n) is 5.36. The molecule has 0 aromatic carbocycles. The smallest absolute Gasteiger partial charge is 0.0182 e. The lowest BCUT2D eigenvalue weighted by molar-refractivity contribution is 0.201. The Labute approximate surface area is 120 Å². The van der Waals surface area contributed by atoms with Crippen LogP contribution in [0.2, 0.25) is 0 Å². The average Bonchev–Trinajstić information content (AvgIpc) is 2.24. The predicted octanol–water partition coefficient (Wildman–Crippen LogP) is 5.47. The van der Waals surface area contributed by atoms with E-state index in [1.807, 2.05) is 0 Å². The van der Waals surface area contributed by atoms with E-state index in [9.17, 15) is 0 Å². The largest absolute Gasteiger partial charge is 0.325 e. The highest BCUT2D eigenvalue weighted by Gasteiger charge is 2.31. The molecule has 0 saturated carbocycles. The highest BCUT2D eigenvalue weighted by Crippen LogP contribution is 2.32. The third kappa shape index (κ3) is 7.46. The third-order valence-electron chi connectivity index (χ3n) is 3.79. The molecule has 0 aliphatic rings. The normalized spacial score (nSPS) is 13.2. The van der Waals surface area contributed by atoms with Crippen LogP contribution in [0.15, 0.2) is 0 Å². The Morgan fingerprint density at radius 3 is 1.71 bits per heavy atom. The van der Waals surface area contributed by atoms with Crippen molar-refractivity contribution in [1.29, 1.82) is 0 Å². The average molecular weight is 308 g/mol. The Bertz CT molecular complexity index is 153. The van der Waals surface area contributed by atoms with Crippen molar-refractivity contribution in [3.63, 3.8) is 0 Å². The number of halogens is 1. The van der Waals surface area contributed by atoms with Gasteiger partial charge < -0.3 is 5.73 Å². The standard InChI is InChI=1S/C15H33N.BrH/c1-5-9-11-14(10-6-2)15(16,12-7-3)13-8-4;/h14H,5-13,16H2,1-4H3;1H. The van der Waals surface area contributed by atoms with Gasteiger partial charge in [0.1, 0.15) is 0 Å². The Morgan fingerprint density at radius 2 is 1.35 bits per heavy atom. The predicted molar refractivity (Wildman–Crippen MR) is 85.0 cm³/mol. The third-order valence-corrected chi connectivity index (χ3v) is 3.79. The van der Waals surface area contributed by atoms with E-state index in [2.05, 4.69) is 27.7 Å². The minimum absolute atomic E-state index is 0. The Balaban J connectivity index is 0. The number of rotatable bonds is 10. The molecule has 0 aliphatic heterocycles. The van der Waals surface area contributed by atoms with Crippen molar-refractivity contribution >= 4 is 17.0 Å². The summed E-state index contributed by atoms with van der Waals surface area (Å²) in [7, 11) is 0. The number of hydrogen-bond donors (Lipinski definition) is 1. The lowest BCUT2D eigenvalue weighted by atomic mass is 9.73. The molecule has 0 rings (SSSR count). The van der Waals surface area contributed by atoms with Gasteiger partial charge >= 0.3 is 0 Å². The minimum atomic E-state index is 0. The number of nitrogens with two attached hydrogens (primary N) is 1.